The molecule has 2 amide bonds. The number of anilines is 1. The molecule has 0 saturated carbocycles. The van der Waals surface area contributed by atoms with E-state index in [2.05, 4.69) is 69.3 Å². The highest BCUT2D eigenvalue weighted by Gasteiger charge is 2.06. The third-order valence-electron chi connectivity index (χ3n) is 4.80. The Labute approximate surface area is 177 Å². The number of nitrogens with one attached hydrogen (secondary N) is 2. The lowest BCUT2D eigenvalue weighted by Gasteiger charge is -2.17. The van der Waals surface area contributed by atoms with Gasteiger partial charge in [0, 0.05) is 18.8 Å². The Morgan fingerprint density at radius 1 is 1.10 bits per heavy atom. The van der Waals surface area contributed by atoms with Crippen molar-refractivity contribution >= 4 is 11.7 Å². The van der Waals surface area contributed by atoms with E-state index in [4.69, 9.17) is 0 Å². The van der Waals surface area contributed by atoms with Crippen LogP contribution in [0.2, 0.25) is 0 Å². The van der Waals surface area contributed by atoms with Gasteiger partial charge in [0.25, 0.3) is 0 Å². The summed E-state index contributed by atoms with van der Waals surface area (Å²) in [5.74, 6) is 0.684. The van der Waals surface area contributed by atoms with Crippen molar-refractivity contribution in [3.05, 3.63) is 65.5 Å². The minimum atomic E-state index is -0.214. The minimum absolute atomic E-state index is 0.214. The smallest absolute Gasteiger partial charge is 0.319 e. The molecule has 8 nitrogen and oxygen atoms in total. The minimum Gasteiger partial charge on any atom is -0.338 e. The second-order valence-electron chi connectivity index (χ2n) is 7.50. The average molecular weight is 408 g/mol. The van der Waals surface area contributed by atoms with Gasteiger partial charge >= 0.3 is 6.03 Å². The van der Waals surface area contributed by atoms with Crippen molar-refractivity contribution < 1.29 is 4.79 Å². The first kappa shape index (κ1) is 21.4. The van der Waals surface area contributed by atoms with Crippen LogP contribution in [0.15, 0.2) is 48.5 Å². The number of urea groups is 1. The van der Waals surface area contributed by atoms with Gasteiger partial charge in [-0.3, -0.25) is 0 Å². The fourth-order valence-corrected chi connectivity index (χ4v) is 3.15. The first-order valence-electron chi connectivity index (χ1n) is 10.2. The maximum atomic E-state index is 12.2. The third-order valence-corrected chi connectivity index (χ3v) is 4.80. The number of aromatic nitrogens is 4. The van der Waals surface area contributed by atoms with Crippen molar-refractivity contribution in [1.82, 2.24) is 30.4 Å². The number of tetrazole rings is 1. The number of unbranched alkanes of at least 4 members (excludes halogenated alkanes) is 1. The van der Waals surface area contributed by atoms with E-state index < -0.39 is 0 Å². The van der Waals surface area contributed by atoms with Gasteiger partial charge in [-0.2, -0.15) is 4.68 Å². The number of benzene rings is 2. The second-order valence-corrected chi connectivity index (χ2v) is 7.50. The van der Waals surface area contributed by atoms with Gasteiger partial charge in [-0.15, -0.1) is 5.10 Å². The summed E-state index contributed by atoms with van der Waals surface area (Å²) in [6, 6.07) is 15.8. The van der Waals surface area contributed by atoms with E-state index in [0.29, 0.717) is 18.1 Å². The summed E-state index contributed by atoms with van der Waals surface area (Å²) in [5.41, 5.74) is 4.09. The van der Waals surface area contributed by atoms with Gasteiger partial charge < -0.3 is 15.5 Å². The quantitative estimate of drug-likeness (QED) is 0.531. The van der Waals surface area contributed by atoms with Crippen LogP contribution in [-0.2, 0) is 6.54 Å². The number of carbonyl (C=O) groups is 1. The molecule has 2 N–H and O–H groups in total. The molecule has 158 valence electrons. The molecule has 0 atom stereocenters. The van der Waals surface area contributed by atoms with Crippen LogP contribution < -0.4 is 10.6 Å². The van der Waals surface area contributed by atoms with Gasteiger partial charge in [-0.1, -0.05) is 35.9 Å². The highest BCUT2D eigenvalue weighted by atomic mass is 16.2. The van der Waals surface area contributed by atoms with Crippen molar-refractivity contribution in [2.24, 2.45) is 0 Å². The number of carbonyl (C=O) groups excluding carboxylic acids is 1. The van der Waals surface area contributed by atoms with Crippen LogP contribution in [0.1, 0.15) is 29.8 Å². The molecule has 30 heavy (non-hydrogen) atoms. The van der Waals surface area contributed by atoms with Gasteiger partial charge in [-0.25, -0.2) is 4.79 Å². The molecule has 0 radical (unpaired) electrons. The van der Waals surface area contributed by atoms with Crippen LogP contribution in [0.4, 0.5) is 10.5 Å². The predicted octanol–water partition coefficient (Wildman–Crippen LogP) is 3.31. The number of rotatable bonds is 9. The Hall–Kier alpha value is -3.26. The first-order chi connectivity index (χ1) is 14.5. The molecular formula is C22H29N7O. The molecule has 0 aliphatic carbocycles. The monoisotopic (exact) mass is 407 g/mol. The fourth-order valence-electron chi connectivity index (χ4n) is 3.15. The number of amides is 2. The number of aryl methyl sites for hydroxylation is 2. The molecule has 8 heteroatoms. The summed E-state index contributed by atoms with van der Waals surface area (Å²) >= 11 is 0. The van der Waals surface area contributed by atoms with E-state index in [1.807, 2.05) is 31.2 Å². The Balaban J connectivity index is 1.35. The molecule has 0 aliphatic rings. The van der Waals surface area contributed by atoms with Crippen LogP contribution in [0.5, 0.6) is 0 Å². The molecule has 1 heterocycles. The molecular weight excluding hydrogens is 378 g/mol. The van der Waals surface area contributed by atoms with E-state index >= 15 is 0 Å². The normalized spacial score (nSPS) is 10.9. The van der Waals surface area contributed by atoms with Crippen LogP contribution in [-0.4, -0.2) is 51.3 Å². The summed E-state index contributed by atoms with van der Waals surface area (Å²) < 4.78 is 1.62. The van der Waals surface area contributed by atoms with Crippen molar-refractivity contribution in [2.75, 3.05) is 25.5 Å². The zero-order valence-corrected chi connectivity index (χ0v) is 17.8. The molecule has 3 rings (SSSR count). The second kappa shape index (κ2) is 10.5. The summed E-state index contributed by atoms with van der Waals surface area (Å²) in [6.07, 6.45) is 1.95. The van der Waals surface area contributed by atoms with Crippen LogP contribution >= 0.6 is 0 Å². The Morgan fingerprint density at radius 2 is 1.90 bits per heavy atom. The lowest BCUT2D eigenvalue weighted by atomic mass is 10.1. The van der Waals surface area contributed by atoms with Gasteiger partial charge in [0.05, 0.1) is 5.69 Å². The predicted molar refractivity (Wildman–Crippen MR) is 118 cm³/mol. The molecule has 0 spiro atoms. The van der Waals surface area contributed by atoms with E-state index in [9.17, 15) is 4.79 Å². The van der Waals surface area contributed by atoms with E-state index in [-0.39, 0.29) is 6.03 Å². The third kappa shape index (κ3) is 6.38. The summed E-state index contributed by atoms with van der Waals surface area (Å²) in [5, 5.41) is 17.2. The number of nitrogens with zero attached hydrogens (tertiary/aromatic N) is 5. The summed E-state index contributed by atoms with van der Waals surface area (Å²) in [7, 11) is 2.12. The van der Waals surface area contributed by atoms with Crippen LogP contribution in [0.25, 0.3) is 5.69 Å². The highest BCUT2D eigenvalue weighted by molar-refractivity contribution is 5.89. The first-order valence-corrected chi connectivity index (χ1v) is 10.2. The topological polar surface area (TPSA) is 88.0 Å². The van der Waals surface area contributed by atoms with Gasteiger partial charge in [0.15, 0.2) is 5.82 Å². The largest absolute Gasteiger partial charge is 0.338 e. The molecule has 0 unspecified atom stereocenters. The van der Waals surface area contributed by atoms with Crippen molar-refractivity contribution in [3.63, 3.8) is 0 Å². The zero-order chi connectivity index (χ0) is 21.3. The molecule has 3 aromatic rings. The van der Waals surface area contributed by atoms with Crippen LogP contribution in [0, 0.1) is 13.8 Å². The average Bonchev–Trinajstić information content (AvgIpc) is 3.15. The van der Waals surface area contributed by atoms with Crippen LogP contribution in [0.3, 0.4) is 0 Å². The lowest BCUT2D eigenvalue weighted by molar-refractivity contribution is 0.251. The molecule has 0 saturated heterocycles. The van der Waals surface area contributed by atoms with Crippen molar-refractivity contribution in [1.29, 1.82) is 0 Å². The summed E-state index contributed by atoms with van der Waals surface area (Å²) in [6.45, 7) is 6.49. The Kier molecular flexibility index (Phi) is 7.51. The van der Waals surface area contributed by atoms with E-state index in [0.717, 1.165) is 31.6 Å². The molecule has 1 aromatic heterocycles. The zero-order valence-electron chi connectivity index (χ0n) is 17.8. The van der Waals surface area contributed by atoms with Crippen molar-refractivity contribution in [3.8, 4) is 5.69 Å². The molecule has 0 fully saturated rings. The van der Waals surface area contributed by atoms with Crippen molar-refractivity contribution in [2.45, 2.75) is 33.2 Å². The molecule has 0 aliphatic heterocycles. The van der Waals surface area contributed by atoms with Gasteiger partial charge in [0.1, 0.15) is 0 Å². The SMILES string of the molecule is Cc1ccc(CN(C)CCCCNC(=O)Nc2cccc(-n3nnnc3C)c2)cc1. The molecule has 2 aromatic carbocycles. The Bertz CT molecular complexity index is 952. The molecule has 0 bridgehead atoms. The van der Waals surface area contributed by atoms with E-state index in [1.54, 1.807) is 4.68 Å². The lowest BCUT2D eigenvalue weighted by Crippen LogP contribution is -2.30. The standard InChI is InChI=1S/C22H29N7O/c1-17-9-11-19(12-10-17)16-28(3)14-5-4-13-23-22(30)24-20-7-6-8-21(15-20)29-18(2)25-26-27-29/h6-12,15H,4-5,13-14,16H2,1-3H3,(H2,23,24,30). The van der Waals surface area contributed by atoms with Gasteiger partial charge in [-0.05, 0) is 74.5 Å². The maximum Gasteiger partial charge on any atom is 0.319 e. The van der Waals surface area contributed by atoms with Gasteiger partial charge in [0.2, 0.25) is 0 Å². The Morgan fingerprint density at radius 3 is 2.63 bits per heavy atom. The fraction of sp³-hybridized carbons (Fsp3) is 0.364. The highest BCUT2D eigenvalue weighted by Crippen LogP contribution is 2.14. The maximum absolute atomic E-state index is 12.2. The van der Waals surface area contributed by atoms with E-state index in [1.165, 1.54) is 11.1 Å². The number of hydrogen-bond donors (Lipinski definition) is 2. The summed E-state index contributed by atoms with van der Waals surface area (Å²) in [4.78, 5) is 14.5. The number of hydrogen-bond acceptors (Lipinski definition) is 5.